The lowest BCUT2D eigenvalue weighted by molar-refractivity contribution is 0.0524. The molecule has 0 aliphatic heterocycles. The molecule has 0 radical (unpaired) electrons. The number of esters is 1. The van der Waals surface area contributed by atoms with Gasteiger partial charge in [0.2, 0.25) is 0 Å². The predicted molar refractivity (Wildman–Crippen MR) is 68.8 cm³/mol. The minimum Gasteiger partial charge on any atom is -0.462 e. The first-order chi connectivity index (χ1) is 8.64. The van der Waals surface area contributed by atoms with Crippen LogP contribution in [0.15, 0.2) is 12.1 Å². The molecule has 3 nitrogen and oxygen atoms in total. The molecule has 2 aliphatic rings. The maximum absolute atomic E-state index is 11.9. The van der Waals surface area contributed by atoms with E-state index in [4.69, 9.17) is 9.72 Å². The largest absolute Gasteiger partial charge is 0.462 e. The van der Waals surface area contributed by atoms with Crippen LogP contribution < -0.4 is 0 Å². The van der Waals surface area contributed by atoms with Crippen LogP contribution in [0.4, 0.5) is 0 Å². The van der Waals surface area contributed by atoms with Gasteiger partial charge in [-0.15, -0.1) is 0 Å². The number of ether oxygens (including phenoxy) is 1. The second-order valence-corrected chi connectivity index (χ2v) is 5.68. The standard InChI is InChI=1S/C15H19NO2/c1-3-18-14(17)11-6-7-12(15(2)8-9-15)16-13(11)10-4-5-10/h6-7,10H,3-5,8-9H2,1-2H3. The van der Waals surface area contributed by atoms with E-state index < -0.39 is 0 Å². The zero-order chi connectivity index (χ0) is 12.8. The van der Waals surface area contributed by atoms with Crippen molar-refractivity contribution < 1.29 is 9.53 Å². The highest BCUT2D eigenvalue weighted by atomic mass is 16.5. The van der Waals surface area contributed by atoms with E-state index in [-0.39, 0.29) is 11.4 Å². The zero-order valence-electron chi connectivity index (χ0n) is 11.0. The number of hydrogen-bond acceptors (Lipinski definition) is 3. The van der Waals surface area contributed by atoms with Crippen LogP contribution in [0, 0.1) is 0 Å². The van der Waals surface area contributed by atoms with Crippen molar-refractivity contribution >= 4 is 5.97 Å². The monoisotopic (exact) mass is 245 g/mol. The van der Waals surface area contributed by atoms with E-state index in [9.17, 15) is 4.79 Å². The first-order valence-electron chi connectivity index (χ1n) is 6.82. The second-order valence-electron chi connectivity index (χ2n) is 5.68. The Labute approximate surface area is 108 Å². The normalized spacial score (nSPS) is 20.6. The summed E-state index contributed by atoms with van der Waals surface area (Å²) >= 11 is 0. The average molecular weight is 245 g/mol. The smallest absolute Gasteiger partial charge is 0.339 e. The van der Waals surface area contributed by atoms with Crippen LogP contribution in [0.25, 0.3) is 0 Å². The summed E-state index contributed by atoms with van der Waals surface area (Å²) in [7, 11) is 0. The highest BCUT2D eigenvalue weighted by Crippen LogP contribution is 2.48. The topological polar surface area (TPSA) is 39.2 Å². The summed E-state index contributed by atoms with van der Waals surface area (Å²) in [6.45, 7) is 4.50. The van der Waals surface area contributed by atoms with Gasteiger partial charge in [0.05, 0.1) is 17.9 Å². The Hall–Kier alpha value is -1.38. The van der Waals surface area contributed by atoms with Gasteiger partial charge in [-0.05, 0) is 44.7 Å². The molecule has 0 unspecified atom stereocenters. The molecular weight excluding hydrogens is 226 g/mol. The summed E-state index contributed by atoms with van der Waals surface area (Å²) < 4.78 is 5.11. The summed E-state index contributed by atoms with van der Waals surface area (Å²) in [5.41, 5.74) is 3.06. The molecule has 2 fully saturated rings. The van der Waals surface area contributed by atoms with Crippen molar-refractivity contribution in [1.29, 1.82) is 0 Å². The Morgan fingerprint density at radius 1 is 1.44 bits per heavy atom. The number of carbonyl (C=O) groups excluding carboxylic acids is 1. The minimum atomic E-state index is -0.223. The molecular formula is C15H19NO2. The number of rotatable bonds is 4. The Balaban J connectivity index is 1.96. The summed E-state index contributed by atoms with van der Waals surface area (Å²) in [6.07, 6.45) is 4.73. The van der Waals surface area contributed by atoms with E-state index in [0.717, 1.165) is 24.2 Å². The van der Waals surface area contributed by atoms with E-state index >= 15 is 0 Å². The van der Waals surface area contributed by atoms with Gasteiger partial charge in [0.25, 0.3) is 0 Å². The van der Waals surface area contributed by atoms with Crippen molar-refractivity contribution in [1.82, 2.24) is 4.98 Å². The average Bonchev–Trinajstić information content (AvgIpc) is 3.24. The van der Waals surface area contributed by atoms with E-state index in [0.29, 0.717) is 18.1 Å². The Morgan fingerprint density at radius 2 is 2.17 bits per heavy atom. The van der Waals surface area contributed by atoms with Gasteiger partial charge in [-0.25, -0.2) is 4.79 Å². The number of hydrogen-bond donors (Lipinski definition) is 0. The Morgan fingerprint density at radius 3 is 2.72 bits per heavy atom. The molecule has 1 heterocycles. The molecule has 2 saturated carbocycles. The molecule has 3 rings (SSSR count). The summed E-state index contributed by atoms with van der Waals surface area (Å²) in [5.74, 6) is 0.256. The fourth-order valence-corrected chi connectivity index (χ4v) is 2.30. The molecule has 96 valence electrons. The van der Waals surface area contributed by atoms with Crippen molar-refractivity contribution in [2.24, 2.45) is 0 Å². The highest BCUT2D eigenvalue weighted by molar-refractivity contribution is 5.91. The lowest BCUT2D eigenvalue weighted by Gasteiger charge is -2.13. The fraction of sp³-hybridized carbons (Fsp3) is 0.600. The molecule has 18 heavy (non-hydrogen) atoms. The maximum atomic E-state index is 11.9. The van der Waals surface area contributed by atoms with Crippen LogP contribution in [-0.2, 0) is 10.2 Å². The molecule has 1 aromatic rings. The van der Waals surface area contributed by atoms with Gasteiger partial charge in [0, 0.05) is 17.0 Å². The third-order valence-corrected chi connectivity index (χ3v) is 4.00. The van der Waals surface area contributed by atoms with Gasteiger partial charge in [0.15, 0.2) is 0 Å². The van der Waals surface area contributed by atoms with E-state index in [1.807, 2.05) is 19.1 Å². The van der Waals surface area contributed by atoms with Crippen molar-refractivity contribution in [3.05, 3.63) is 29.1 Å². The number of pyridine rings is 1. The highest BCUT2D eigenvalue weighted by Gasteiger charge is 2.41. The lowest BCUT2D eigenvalue weighted by atomic mass is 10.0. The van der Waals surface area contributed by atoms with Crippen molar-refractivity contribution in [3.63, 3.8) is 0 Å². The quantitative estimate of drug-likeness (QED) is 0.765. The van der Waals surface area contributed by atoms with E-state index in [1.165, 1.54) is 12.8 Å². The molecule has 0 bridgehead atoms. The van der Waals surface area contributed by atoms with Gasteiger partial charge in [-0.2, -0.15) is 0 Å². The maximum Gasteiger partial charge on any atom is 0.339 e. The molecule has 1 aromatic heterocycles. The predicted octanol–water partition coefficient (Wildman–Crippen LogP) is 3.19. The molecule has 0 N–H and O–H groups in total. The van der Waals surface area contributed by atoms with Gasteiger partial charge in [-0.1, -0.05) is 6.92 Å². The van der Waals surface area contributed by atoms with Gasteiger partial charge >= 0.3 is 5.97 Å². The van der Waals surface area contributed by atoms with Gasteiger partial charge in [0.1, 0.15) is 0 Å². The molecule has 0 atom stereocenters. The van der Waals surface area contributed by atoms with Crippen LogP contribution in [-0.4, -0.2) is 17.6 Å². The van der Waals surface area contributed by atoms with Crippen molar-refractivity contribution in [2.45, 2.75) is 50.9 Å². The number of nitrogens with zero attached hydrogens (tertiary/aromatic N) is 1. The molecule has 2 aliphatic carbocycles. The molecule has 0 saturated heterocycles. The van der Waals surface area contributed by atoms with Crippen LogP contribution in [0.2, 0.25) is 0 Å². The second kappa shape index (κ2) is 4.08. The zero-order valence-corrected chi connectivity index (χ0v) is 11.0. The van der Waals surface area contributed by atoms with Crippen molar-refractivity contribution in [3.8, 4) is 0 Å². The van der Waals surface area contributed by atoms with Crippen LogP contribution in [0.5, 0.6) is 0 Å². The fourth-order valence-electron chi connectivity index (χ4n) is 2.30. The molecule has 0 amide bonds. The summed E-state index contributed by atoms with van der Waals surface area (Å²) in [6, 6.07) is 3.92. The minimum absolute atomic E-state index is 0.223. The van der Waals surface area contributed by atoms with E-state index in [1.54, 1.807) is 0 Å². The van der Waals surface area contributed by atoms with Crippen molar-refractivity contribution in [2.75, 3.05) is 6.61 Å². The Kier molecular flexibility index (Phi) is 2.65. The SMILES string of the molecule is CCOC(=O)c1ccc(C2(C)CC2)nc1C1CC1. The van der Waals surface area contributed by atoms with Gasteiger partial charge in [-0.3, -0.25) is 4.98 Å². The first-order valence-corrected chi connectivity index (χ1v) is 6.82. The van der Waals surface area contributed by atoms with Crippen LogP contribution >= 0.6 is 0 Å². The third-order valence-electron chi connectivity index (χ3n) is 4.00. The number of aromatic nitrogens is 1. The van der Waals surface area contributed by atoms with Crippen LogP contribution in [0.1, 0.15) is 67.2 Å². The number of carbonyl (C=O) groups is 1. The van der Waals surface area contributed by atoms with E-state index in [2.05, 4.69) is 6.92 Å². The molecule has 0 aromatic carbocycles. The lowest BCUT2D eigenvalue weighted by Crippen LogP contribution is -2.12. The molecule has 0 spiro atoms. The molecule has 3 heteroatoms. The third kappa shape index (κ3) is 2.02. The Bertz CT molecular complexity index is 487. The summed E-state index contributed by atoms with van der Waals surface area (Å²) in [4.78, 5) is 16.7. The van der Waals surface area contributed by atoms with Gasteiger partial charge < -0.3 is 4.74 Å². The van der Waals surface area contributed by atoms with Crippen LogP contribution in [0.3, 0.4) is 0 Å². The first kappa shape index (κ1) is 11.7. The summed E-state index contributed by atoms with van der Waals surface area (Å²) in [5, 5.41) is 0.